The Hall–Kier alpha value is -3.45. The number of fused-ring (bicyclic) bond motifs is 2. The number of rotatable bonds is 2. The van der Waals surface area contributed by atoms with Gasteiger partial charge in [0.2, 0.25) is 0 Å². The van der Waals surface area contributed by atoms with Crippen LogP contribution in [0.2, 0.25) is 0 Å². The number of benzene rings is 4. The van der Waals surface area contributed by atoms with Crippen LogP contribution in [0.3, 0.4) is 0 Å². The predicted octanol–water partition coefficient (Wildman–Crippen LogP) is 6.72. The summed E-state index contributed by atoms with van der Waals surface area (Å²) in [7, 11) is 0. The lowest BCUT2D eigenvalue weighted by Gasteiger charge is -2.10. The maximum Gasteiger partial charge on any atom is 0.0346 e. The molecule has 122 valence electrons. The van der Waals surface area contributed by atoms with E-state index in [0.717, 1.165) is 5.56 Å². The minimum atomic E-state index is 1.14. The summed E-state index contributed by atoms with van der Waals surface area (Å²) >= 11 is 0. The van der Waals surface area contributed by atoms with E-state index in [9.17, 15) is 0 Å². The largest absolute Gasteiger partial charge is 0.264 e. The Morgan fingerprint density at radius 3 is 2.08 bits per heavy atom. The van der Waals surface area contributed by atoms with Crippen molar-refractivity contribution >= 4 is 21.5 Å². The molecule has 0 aliphatic heterocycles. The Labute approximate surface area is 152 Å². The molecule has 1 heteroatoms. The minimum absolute atomic E-state index is 1.14. The lowest BCUT2D eigenvalue weighted by Crippen LogP contribution is -1.85. The van der Waals surface area contributed by atoms with E-state index >= 15 is 0 Å². The maximum absolute atomic E-state index is 4.25. The molecule has 26 heavy (non-hydrogen) atoms. The molecule has 1 heterocycles. The van der Waals surface area contributed by atoms with Crippen LogP contribution >= 0.6 is 0 Å². The van der Waals surface area contributed by atoms with Crippen molar-refractivity contribution < 1.29 is 0 Å². The van der Waals surface area contributed by atoms with Crippen molar-refractivity contribution in [2.45, 2.75) is 0 Å². The Balaban J connectivity index is 1.73. The van der Waals surface area contributed by atoms with Crippen molar-refractivity contribution in [2.75, 3.05) is 0 Å². The van der Waals surface area contributed by atoms with Gasteiger partial charge in [0.05, 0.1) is 0 Å². The first kappa shape index (κ1) is 14.9. The summed E-state index contributed by atoms with van der Waals surface area (Å²) in [6.07, 6.45) is 3.72. The first-order valence-corrected chi connectivity index (χ1v) is 8.81. The number of hydrogen-bond acceptors (Lipinski definition) is 1. The molecular weight excluding hydrogens is 314 g/mol. The first-order valence-electron chi connectivity index (χ1n) is 8.81. The fraction of sp³-hybridized carbons (Fsp3) is 0. The van der Waals surface area contributed by atoms with E-state index in [4.69, 9.17) is 0 Å². The monoisotopic (exact) mass is 331 g/mol. The lowest BCUT2D eigenvalue weighted by atomic mass is 9.94. The van der Waals surface area contributed by atoms with Gasteiger partial charge in [-0.15, -0.1) is 0 Å². The third kappa shape index (κ3) is 2.55. The van der Waals surface area contributed by atoms with Gasteiger partial charge in [-0.3, -0.25) is 4.98 Å². The second-order valence-electron chi connectivity index (χ2n) is 6.55. The van der Waals surface area contributed by atoms with E-state index in [1.807, 2.05) is 18.5 Å². The molecule has 0 saturated carbocycles. The zero-order valence-corrected chi connectivity index (χ0v) is 14.3. The van der Waals surface area contributed by atoms with Gasteiger partial charge in [-0.1, -0.05) is 66.7 Å². The summed E-state index contributed by atoms with van der Waals surface area (Å²) in [5.74, 6) is 0. The van der Waals surface area contributed by atoms with Crippen LogP contribution in [0.25, 0.3) is 43.8 Å². The fourth-order valence-electron chi connectivity index (χ4n) is 3.62. The molecule has 5 rings (SSSR count). The van der Waals surface area contributed by atoms with E-state index < -0.39 is 0 Å². The molecule has 0 unspecified atom stereocenters. The average Bonchev–Trinajstić information content (AvgIpc) is 2.72. The average molecular weight is 331 g/mol. The van der Waals surface area contributed by atoms with Crippen LogP contribution in [0.4, 0.5) is 0 Å². The van der Waals surface area contributed by atoms with E-state index in [1.54, 1.807) is 0 Å². The van der Waals surface area contributed by atoms with Gasteiger partial charge in [0.25, 0.3) is 0 Å². The van der Waals surface area contributed by atoms with Crippen molar-refractivity contribution in [3.8, 4) is 22.3 Å². The van der Waals surface area contributed by atoms with Crippen molar-refractivity contribution in [2.24, 2.45) is 0 Å². The summed E-state index contributed by atoms with van der Waals surface area (Å²) in [5.41, 5.74) is 4.82. The van der Waals surface area contributed by atoms with Crippen LogP contribution in [0.5, 0.6) is 0 Å². The molecule has 1 nitrogen and oxygen atoms in total. The molecule has 0 amide bonds. The van der Waals surface area contributed by atoms with Gasteiger partial charge in [0.1, 0.15) is 0 Å². The summed E-state index contributed by atoms with van der Waals surface area (Å²) in [4.78, 5) is 4.25. The van der Waals surface area contributed by atoms with Gasteiger partial charge < -0.3 is 0 Å². The Morgan fingerprint density at radius 2 is 1.23 bits per heavy atom. The second kappa shape index (κ2) is 6.12. The first-order chi connectivity index (χ1) is 12.9. The third-order valence-electron chi connectivity index (χ3n) is 4.92. The summed E-state index contributed by atoms with van der Waals surface area (Å²) in [6, 6.07) is 32.4. The standard InChI is InChI=1S/C25H17N/c1-2-7-20-16-25-22(14-18(20)6-1)10-4-12-24(25)21-9-3-8-19(15-21)23-11-5-13-26-17-23/h1-17H. The highest BCUT2D eigenvalue weighted by atomic mass is 14.6. The zero-order valence-electron chi connectivity index (χ0n) is 14.3. The number of hydrogen-bond donors (Lipinski definition) is 0. The summed E-state index contributed by atoms with van der Waals surface area (Å²) < 4.78 is 0. The Bertz CT molecular complexity index is 1220. The maximum atomic E-state index is 4.25. The van der Waals surface area contributed by atoms with Crippen LogP contribution in [-0.4, -0.2) is 4.98 Å². The number of nitrogens with zero attached hydrogens (tertiary/aromatic N) is 1. The van der Waals surface area contributed by atoms with Gasteiger partial charge in [-0.25, -0.2) is 0 Å². The molecule has 0 spiro atoms. The summed E-state index contributed by atoms with van der Waals surface area (Å²) in [6.45, 7) is 0. The highest BCUT2D eigenvalue weighted by molar-refractivity contribution is 6.05. The van der Waals surface area contributed by atoms with Crippen LogP contribution in [0.15, 0.2) is 103 Å². The van der Waals surface area contributed by atoms with Crippen LogP contribution in [0.1, 0.15) is 0 Å². The zero-order chi connectivity index (χ0) is 17.3. The van der Waals surface area contributed by atoms with Gasteiger partial charge >= 0.3 is 0 Å². The third-order valence-corrected chi connectivity index (χ3v) is 4.92. The smallest absolute Gasteiger partial charge is 0.0346 e. The molecule has 4 aromatic carbocycles. The van der Waals surface area contributed by atoms with E-state index in [1.165, 1.54) is 38.2 Å². The SMILES string of the molecule is c1cncc(-c2cccc(-c3cccc4cc5ccccc5cc34)c2)c1. The van der Waals surface area contributed by atoms with Crippen LogP contribution in [-0.2, 0) is 0 Å². The summed E-state index contributed by atoms with van der Waals surface area (Å²) in [5, 5.41) is 5.11. The van der Waals surface area contributed by atoms with Gasteiger partial charge in [0.15, 0.2) is 0 Å². The van der Waals surface area contributed by atoms with Crippen molar-refractivity contribution in [3.63, 3.8) is 0 Å². The van der Waals surface area contributed by atoms with Crippen molar-refractivity contribution in [1.29, 1.82) is 0 Å². The molecule has 0 aliphatic rings. The van der Waals surface area contributed by atoms with Crippen molar-refractivity contribution in [3.05, 3.63) is 103 Å². The van der Waals surface area contributed by atoms with Crippen LogP contribution in [0, 0.1) is 0 Å². The molecule has 0 N–H and O–H groups in total. The molecule has 0 aliphatic carbocycles. The highest BCUT2D eigenvalue weighted by Crippen LogP contribution is 2.33. The Morgan fingerprint density at radius 1 is 0.500 bits per heavy atom. The lowest BCUT2D eigenvalue weighted by molar-refractivity contribution is 1.33. The number of pyridine rings is 1. The second-order valence-corrected chi connectivity index (χ2v) is 6.55. The molecule has 0 fully saturated rings. The molecule has 0 saturated heterocycles. The normalized spacial score (nSPS) is 11.1. The molecular formula is C25H17N. The molecule has 0 radical (unpaired) electrons. The van der Waals surface area contributed by atoms with Crippen LogP contribution < -0.4 is 0 Å². The number of aromatic nitrogens is 1. The molecule has 5 aromatic rings. The fourth-order valence-corrected chi connectivity index (χ4v) is 3.62. The van der Waals surface area contributed by atoms with E-state index in [2.05, 4.69) is 89.9 Å². The highest BCUT2D eigenvalue weighted by Gasteiger charge is 2.07. The van der Waals surface area contributed by atoms with Crippen molar-refractivity contribution in [1.82, 2.24) is 4.98 Å². The van der Waals surface area contributed by atoms with Gasteiger partial charge in [0, 0.05) is 18.0 Å². The quantitative estimate of drug-likeness (QED) is 0.327. The van der Waals surface area contributed by atoms with E-state index in [-0.39, 0.29) is 0 Å². The van der Waals surface area contributed by atoms with Gasteiger partial charge in [-0.2, -0.15) is 0 Å². The van der Waals surface area contributed by atoms with Gasteiger partial charge in [-0.05, 0) is 62.5 Å². The minimum Gasteiger partial charge on any atom is -0.264 e. The topological polar surface area (TPSA) is 12.9 Å². The van der Waals surface area contributed by atoms with E-state index in [0.29, 0.717) is 0 Å². The molecule has 0 atom stereocenters. The Kier molecular flexibility index (Phi) is 3.50. The molecule has 0 bridgehead atoms. The predicted molar refractivity (Wildman–Crippen MR) is 110 cm³/mol. The molecule has 1 aromatic heterocycles.